The number of nitrogens with zero attached hydrogens (tertiary/aromatic N) is 2. The number of carbonyl (C=O) groups is 1. The minimum absolute atomic E-state index is 0.00803. The van der Waals surface area contributed by atoms with E-state index in [0.717, 1.165) is 12.3 Å². The van der Waals surface area contributed by atoms with Crippen LogP contribution in [-0.2, 0) is 6.18 Å². The molecule has 0 bridgehead atoms. The van der Waals surface area contributed by atoms with Crippen molar-refractivity contribution in [2.75, 3.05) is 0 Å². The van der Waals surface area contributed by atoms with Crippen molar-refractivity contribution in [3.63, 3.8) is 0 Å². The second-order valence-corrected chi connectivity index (χ2v) is 4.80. The van der Waals surface area contributed by atoms with Crippen LogP contribution in [0.3, 0.4) is 0 Å². The first-order chi connectivity index (χ1) is 9.74. The number of carbonyl (C=O) groups excluding carboxylic acids is 1. The molecule has 0 saturated heterocycles. The fourth-order valence-electron chi connectivity index (χ4n) is 1.90. The Morgan fingerprint density at radius 1 is 1.29 bits per heavy atom. The molecule has 0 amide bonds. The van der Waals surface area contributed by atoms with Gasteiger partial charge in [-0.05, 0) is 26.0 Å². The summed E-state index contributed by atoms with van der Waals surface area (Å²) in [6.07, 6.45) is -3.34. The predicted octanol–water partition coefficient (Wildman–Crippen LogP) is 4.10. The van der Waals surface area contributed by atoms with Crippen LogP contribution in [-0.4, -0.2) is 15.8 Å². The molecule has 0 saturated carbocycles. The van der Waals surface area contributed by atoms with E-state index in [2.05, 4.69) is 4.98 Å². The zero-order valence-electron chi connectivity index (χ0n) is 11.3. The standard InChI is InChI=1S/C14H12F4N2O/c1-8(2)20-6-12(14(16,17)18)19-13(20)9-3-4-10(7-21)11(15)5-9/h3-8H,1-2H3. The quantitative estimate of drug-likeness (QED) is 0.632. The highest BCUT2D eigenvalue weighted by molar-refractivity contribution is 5.76. The Balaban J connectivity index is 2.59. The van der Waals surface area contributed by atoms with Crippen molar-refractivity contribution < 1.29 is 22.4 Å². The van der Waals surface area contributed by atoms with Gasteiger partial charge in [-0.15, -0.1) is 0 Å². The zero-order chi connectivity index (χ0) is 15.8. The number of benzene rings is 1. The highest BCUT2D eigenvalue weighted by atomic mass is 19.4. The zero-order valence-corrected chi connectivity index (χ0v) is 11.3. The van der Waals surface area contributed by atoms with Crippen LogP contribution in [0, 0.1) is 5.82 Å². The summed E-state index contributed by atoms with van der Waals surface area (Å²) in [4.78, 5) is 14.1. The monoisotopic (exact) mass is 300 g/mol. The van der Waals surface area contributed by atoms with Gasteiger partial charge in [0.2, 0.25) is 0 Å². The fourth-order valence-corrected chi connectivity index (χ4v) is 1.90. The summed E-state index contributed by atoms with van der Waals surface area (Å²) in [6, 6.07) is 3.31. The summed E-state index contributed by atoms with van der Waals surface area (Å²) in [5, 5.41) is 0. The Hall–Kier alpha value is -2.18. The molecule has 0 radical (unpaired) electrons. The molecule has 21 heavy (non-hydrogen) atoms. The molecule has 1 aromatic carbocycles. The lowest BCUT2D eigenvalue weighted by Gasteiger charge is -2.11. The lowest BCUT2D eigenvalue weighted by atomic mass is 10.1. The van der Waals surface area contributed by atoms with E-state index in [-0.39, 0.29) is 23.0 Å². The molecule has 0 N–H and O–H groups in total. The predicted molar refractivity (Wildman–Crippen MR) is 68.4 cm³/mol. The second-order valence-electron chi connectivity index (χ2n) is 4.80. The largest absolute Gasteiger partial charge is 0.434 e. The average Bonchev–Trinajstić information content (AvgIpc) is 2.83. The van der Waals surface area contributed by atoms with E-state index in [9.17, 15) is 22.4 Å². The van der Waals surface area contributed by atoms with E-state index in [1.54, 1.807) is 13.8 Å². The summed E-state index contributed by atoms with van der Waals surface area (Å²) >= 11 is 0. The van der Waals surface area contributed by atoms with Crippen molar-refractivity contribution in [3.8, 4) is 11.4 Å². The van der Waals surface area contributed by atoms with Crippen molar-refractivity contribution >= 4 is 6.29 Å². The van der Waals surface area contributed by atoms with Gasteiger partial charge in [-0.3, -0.25) is 4.79 Å². The highest BCUT2D eigenvalue weighted by Crippen LogP contribution is 2.32. The molecule has 7 heteroatoms. The third kappa shape index (κ3) is 2.96. The molecular formula is C14H12F4N2O. The van der Waals surface area contributed by atoms with Gasteiger partial charge in [-0.25, -0.2) is 9.37 Å². The van der Waals surface area contributed by atoms with Crippen LogP contribution < -0.4 is 0 Å². The van der Waals surface area contributed by atoms with Crippen molar-refractivity contribution in [2.24, 2.45) is 0 Å². The molecule has 0 fully saturated rings. The van der Waals surface area contributed by atoms with Crippen LogP contribution in [0.5, 0.6) is 0 Å². The molecule has 0 aliphatic heterocycles. The fraction of sp³-hybridized carbons (Fsp3) is 0.286. The number of hydrogen-bond acceptors (Lipinski definition) is 2. The summed E-state index contributed by atoms with van der Waals surface area (Å²) < 4.78 is 53.2. The third-order valence-corrected chi connectivity index (χ3v) is 2.96. The number of imidazole rings is 1. The highest BCUT2D eigenvalue weighted by Gasteiger charge is 2.35. The number of halogens is 4. The maximum atomic E-state index is 13.6. The molecule has 0 unspecified atom stereocenters. The number of aromatic nitrogens is 2. The first-order valence-electron chi connectivity index (χ1n) is 6.15. The van der Waals surface area contributed by atoms with Crippen LogP contribution in [0.4, 0.5) is 17.6 Å². The SMILES string of the molecule is CC(C)n1cc(C(F)(F)F)nc1-c1ccc(C=O)c(F)c1. The van der Waals surface area contributed by atoms with E-state index in [1.165, 1.54) is 16.7 Å². The van der Waals surface area contributed by atoms with Crippen LogP contribution >= 0.6 is 0 Å². The lowest BCUT2D eigenvalue weighted by Crippen LogP contribution is -2.05. The topological polar surface area (TPSA) is 34.9 Å². The molecule has 2 aromatic rings. The van der Waals surface area contributed by atoms with Crippen molar-refractivity contribution in [1.82, 2.24) is 9.55 Å². The molecule has 3 nitrogen and oxygen atoms in total. The van der Waals surface area contributed by atoms with Gasteiger partial charge in [-0.2, -0.15) is 13.2 Å². The Bertz CT molecular complexity index is 674. The van der Waals surface area contributed by atoms with Gasteiger partial charge in [0.1, 0.15) is 11.6 Å². The normalized spacial score (nSPS) is 12.0. The van der Waals surface area contributed by atoms with Crippen molar-refractivity contribution in [1.29, 1.82) is 0 Å². The minimum atomic E-state index is -4.57. The van der Waals surface area contributed by atoms with Crippen LogP contribution in [0.15, 0.2) is 24.4 Å². The summed E-state index contributed by atoms with van der Waals surface area (Å²) in [6.45, 7) is 3.39. The number of hydrogen-bond donors (Lipinski definition) is 0. The van der Waals surface area contributed by atoms with E-state index in [0.29, 0.717) is 6.29 Å². The van der Waals surface area contributed by atoms with Gasteiger partial charge in [0, 0.05) is 17.8 Å². The third-order valence-electron chi connectivity index (χ3n) is 2.96. The Kier molecular flexibility index (Phi) is 3.85. The summed E-state index contributed by atoms with van der Waals surface area (Å²) in [7, 11) is 0. The number of rotatable bonds is 3. The van der Waals surface area contributed by atoms with Gasteiger partial charge in [0.25, 0.3) is 0 Å². The van der Waals surface area contributed by atoms with E-state index in [1.807, 2.05) is 0 Å². The Morgan fingerprint density at radius 2 is 1.95 bits per heavy atom. The maximum absolute atomic E-state index is 13.6. The van der Waals surface area contributed by atoms with E-state index < -0.39 is 17.7 Å². The lowest BCUT2D eigenvalue weighted by molar-refractivity contribution is -0.140. The van der Waals surface area contributed by atoms with Gasteiger partial charge in [0.15, 0.2) is 12.0 Å². The van der Waals surface area contributed by atoms with Crippen LogP contribution in [0.1, 0.15) is 35.9 Å². The van der Waals surface area contributed by atoms with Gasteiger partial charge in [-0.1, -0.05) is 6.07 Å². The molecule has 1 aromatic heterocycles. The van der Waals surface area contributed by atoms with Crippen molar-refractivity contribution in [2.45, 2.75) is 26.1 Å². The molecule has 2 rings (SSSR count). The Morgan fingerprint density at radius 3 is 2.43 bits per heavy atom. The van der Waals surface area contributed by atoms with E-state index in [4.69, 9.17) is 0 Å². The van der Waals surface area contributed by atoms with Gasteiger partial charge < -0.3 is 4.57 Å². The second kappa shape index (κ2) is 5.31. The van der Waals surface area contributed by atoms with Gasteiger partial charge in [0.05, 0.1) is 5.56 Å². The molecule has 112 valence electrons. The molecular weight excluding hydrogens is 288 g/mol. The Labute approximate surface area is 118 Å². The average molecular weight is 300 g/mol. The maximum Gasteiger partial charge on any atom is 0.434 e. The van der Waals surface area contributed by atoms with E-state index >= 15 is 0 Å². The van der Waals surface area contributed by atoms with Crippen LogP contribution in [0.2, 0.25) is 0 Å². The molecule has 0 atom stereocenters. The number of alkyl halides is 3. The number of aldehydes is 1. The smallest absolute Gasteiger partial charge is 0.328 e. The summed E-state index contributed by atoms with van der Waals surface area (Å²) in [5.41, 5.74) is -1.01. The first kappa shape index (κ1) is 15.2. The molecule has 0 aliphatic carbocycles. The van der Waals surface area contributed by atoms with Crippen LogP contribution in [0.25, 0.3) is 11.4 Å². The minimum Gasteiger partial charge on any atom is -0.328 e. The molecule has 0 aliphatic rings. The van der Waals surface area contributed by atoms with Gasteiger partial charge >= 0.3 is 6.18 Å². The molecule has 1 heterocycles. The molecule has 0 spiro atoms. The first-order valence-corrected chi connectivity index (χ1v) is 6.15. The van der Waals surface area contributed by atoms with Crippen molar-refractivity contribution in [3.05, 3.63) is 41.5 Å². The summed E-state index contributed by atoms with van der Waals surface area (Å²) in [5.74, 6) is -0.789.